The molecule has 2 amide bonds. The summed E-state index contributed by atoms with van der Waals surface area (Å²) >= 11 is 0. The van der Waals surface area contributed by atoms with Crippen molar-refractivity contribution < 1.29 is 23.9 Å². The van der Waals surface area contributed by atoms with Gasteiger partial charge in [-0.05, 0) is 29.8 Å². The average Bonchev–Trinajstić information content (AvgIpc) is 3.35. The number of ether oxygens (including phenoxy) is 2. The van der Waals surface area contributed by atoms with Crippen molar-refractivity contribution in [2.45, 2.75) is 12.6 Å². The zero-order chi connectivity index (χ0) is 19.5. The summed E-state index contributed by atoms with van der Waals surface area (Å²) in [5.74, 6) is -0.770. The molecule has 28 heavy (non-hydrogen) atoms. The Bertz CT molecular complexity index is 1060. The summed E-state index contributed by atoms with van der Waals surface area (Å²) in [5, 5.41) is 15.9. The highest BCUT2D eigenvalue weighted by Crippen LogP contribution is 2.15. The van der Waals surface area contributed by atoms with E-state index in [0.717, 1.165) is 5.56 Å². The quantitative estimate of drug-likeness (QED) is 0.568. The highest BCUT2D eigenvalue weighted by molar-refractivity contribution is 6.04. The number of hydrogen-bond donors (Lipinski definition) is 3. The molecule has 0 aliphatic carbocycles. The van der Waals surface area contributed by atoms with Crippen molar-refractivity contribution in [1.82, 2.24) is 20.7 Å². The number of hydrogen-bond acceptors (Lipinski definition) is 7. The highest BCUT2D eigenvalue weighted by Gasteiger charge is 2.31. The summed E-state index contributed by atoms with van der Waals surface area (Å²) in [6, 6.07) is 12.1. The van der Waals surface area contributed by atoms with E-state index in [4.69, 9.17) is 4.74 Å². The summed E-state index contributed by atoms with van der Waals surface area (Å²) in [4.78, 5) is 35.5. The summed E-state index contributed by atoms with van der Waals surface area (Å²) in [5.41, 5.74) is 2.80. The second-order valence-corrected chi connectivity index (χ2v) is 6.04. The van der Waals surface area contributed by atoms with E-state index in [0.29, 0.717) is 22.3 Å². The van der Waals surface area contributed by atoms with Gasteiger partial charge >= 0.3 is 6.16 Å². The molecule has 1 saturated heterocycles. The van der Waals surface area contributed by atoms with Gasteiger partial charge in [0, 0.05) is 12.2 Å². The maximum absolute atomic E-state index is 12.5. The van der Waals surface area contributed by atoms with Gasteiger partial charge in [0.25, 0.3) is 11.8 Å². The van der Waals surface area contributed by atoms with Gasteiger partial charge in [-0.1, -0.05) is 18.2 Å². The first-order valence-electron chi connectivity index (χ1n) is 8.41. The Morgan fingerprint density at radius 1 is 1.18 bits per heavy atom. The Labute approximate surface area is 158 Å². The standard InChI is InChI=1S/C18H15N5O5/c24-16(12-5-2-6-13-15(12)22-23-21-13)19-8-10-3-1-4-11(7-10)20-17(25)14-9-27-18(26)28-14/h1-7,14H,8-9H2,(H,19,24)(H,20,25)(H,21,22,23)/t14-/m1/s1. The van der Waals surface area contributed by atoms with E-state index in [2.05, 4.69) is 30.8 Å². The molecule has 0 unspecified atom stereocenters. The van der Waals surface area contributed by atoms with Gasteiger partial charge in [-0.15, -0.1) is 0 Å². The van der Waals surface area contributed by atoms with Crippen LogP contribution >= 0.6 is 0 Å². The van der Waals surface area contributed by atoms with E-state index in [-0.39, 0.29) is 19.1 Å². The lowest BCUT2D eigenvalue weighted by Crippen LogP contribution is -2.29. The third kappa shape index (κ3) is 3.61. The fourth-order valence-electron chi connectivity index (χ4n) is 2.77. The first-order chi connectivity index (χ1) is 13.6. The molecule has 3 N–H and O–H groups in total. The topological polar surface area (TPSA) is 135 Å². The maximum Gasteiger partial charge on any atom is 0.509 e. The third-order valence-corrected chi connectivity index (χ3v) is 4.12. The smallest absolute Gasteiger partial charge is 0.430 e. The first-order valence-corrected chi connectivity index (χ1v) is 8.41. The lowest BCUT2D eigenvalue weighted by molar-refractivity contribution is -0.122. The van der Waals surface area contributed by atoms with Crippen LogP contribution in [0.1, 0.15) is 15.9 Å². The normalized spacial score (nSPS) is 15.7. The first kappa shape index (κ1) is 17.5. The van der Waals surface area contributed by atoms with Gasteiger partial charge in [0.1, 0.15) is 17.6 Å². The summed E-state index contributed by atoms with van der Waals surface area (Å²) < 4.78 is 9.34. The number of cyclic esters (lactones) is 2. The molecule has 2 aromatic carbocycles. The Kier molecular flexibility index (Phi) is 4.58. The van der Waals surface area contributed by atoms with Crippen LogP contribution in [0.2, 0.25) is 0 Å². The van der Waals surface area contributed by atoms with E-state index in [1.165, 1.54) is 0 Å². The summed E-state index contributed by atoms with van der Waals surface area (Å²) in [7, 11) is 0. The number of nitrogens with one attached hydrogen (secondary N) is 3. The maximum atomic E-state index is 12.5. The zero-order valence-electron chi connectivity index (χ0n) is 14.5. The van der Waals surface area contributed by atoms with E-state index >= 15 is 0 Å². The van der Waals surface area contributed by atoms with Gasteiger partial charge in [-0.25, -0.2) is 4.79 Å². The van der Waals surface area contributed by atoms with Gasteiger partial charge in [0.15, 0.2) is 0 Å². The van der Waals surface area contributed by atoms with Crippen LogP contribution in [0, 0.1) is 0 Å². The van der Waals surface area contributed by atoms with Crippen LogP contribution in [0.15, 0.2) is 42.5 Å². The van der Waals surface area contributed by atoms with Crippen molar-refractivity contribution in [2.24, 2.45) is 0 Å². The van der Waals surface area contributed by atoms with Crippen LogP contribution in [0.25, 0.3) is 11.0 Å². The molecule has 2 heterocycles. The molecule has 10 heteroatoms. The highest BCUT2D eigenvalue weighted by atomic mass is 16.8. The number of para-hydroxylation sites is 1. The second-order valence-electron chi connectivity index (χ2n) is 6.04. The molecule has 1 aliphatic rings. The molecule has 1 aliphatic heterocycles. The van der Waals surface area contributed by atoms with Crippen molar-refractivity contribution in [3.05, 3.63) is 53.6 Å². The average molecular weight is 381 g/mol. The molecule has 0 spiro atoms. The molecule has 1 fully saturated rings. The fourth-order valence-corrected chi connectivity index (χ4v) is 2.77. The van der Waals surface area contributed by atoms with Crippen molar-refractivity contribution in [2.75, 3.05) is 11.9 Å². The molecule has 4 rings (SSSR count). The zero-order valence-corrected chi connectivity index (χ0v) is 14.5. The number of amides is 2. The Balaban J connectivity index is 1.39. The van der Waals surface area contributed by atoms with Gasteiger partial charge in [0.2, 0.25) is 6.10 Å². The molecule has 1 aromatic heterocycles. The number of anilines is 1. The van der Waals surface area contributed by atoms with Crippen LogP contribution in [0.3, 0.4) is 0 Å². The van der Waals surface area contributed by atoms with E-state index in [1.807, 2.05) is 6.07 Å². The van der Waals surface area contributed by atoms with Crippen molar-refractivity contribution in [3.8, 4) is 0 Å². The predicted octanol–water partition coefficient (Wildman–Crippen LogP) is 1.36. The largest absolute Gasteiger partial charge is 0.509 e. The Morgan fingerprint density at radius 3 is 2.86 bits per heavy atom. The number of nitrogens with zero attached hydrogens (tertiary/aromatic N) is 2. The van der Waals surface area contributed by atoms with Gasteiger partial charge in [0.05, 0.1) is 5.56 Å². The predicted molar refractivity (Wildman–Crippen MR) is 96.4 cm³/mol. The van der Waals surface area contributed by atoms with Crippen LogP contribution in [-0.4, -0.2) is 46.1 Å². The van der Waals surface area contributed by atoms with Gasteiger partial charge in [-0.3, -0.25) is 9.59 Å². The van der Waals surface area contributed by atoms with Crippen LogP contribution < -0.4 is 10.6 Å². The Morgan fingerprint density at radius 2 is 2.04 bits per heavy atom. The molecule has 10 nitrogen and oxygen atoms in total. The number of fused-ring (bicyclic) bond motifs is 1. The van der Waals surface area contributed by atoms with Gasteiger partial charge < -0.3 is 20.1 Å². The lowest BCUT2D eigenvalue weighted by Gasteiger charge is -2.10. The second kappa shape index (κ2) is 7.35. The fraction of sp³-hybridized carbons (Fsp3) is 0.167. The molecule has 0 bridgehead atoms. The number of rotatable bonds is 5. The van der Waals surface area contributed by atoms with Crippen LogP contribution in [0.5, 0.6) is 0 Å². The van der Waals surface area contributed by atoms with Crippen molar-refractivity contribution in [3.63, 3.8) is 0 Å². The minimum Gasteiger partial charge on any atom is -0.430 e. The minimum absolute atomic E-state index is 0.117. The Hall–Kier alpha value is -3.95. The number of H-pyrrole nitrogens is 1. The molecular formula is C18H15N5O5. The SMILES string of the molecule is O=C1OC[C@H](C(=O)Nc2cccc(CNC(=O)c3cccc4n[nH]nc34)c2)O1. The summed E-state index contributed by atoms with van der Waals surface area (Å²) in [6.07, 6.45) is -1.84. The van der Waals surface area contributed by atoms with E-state index < -0.39 is 18.2 Å². The number of carbonyl (C=O) groups excluding carboxylic acids is 3. The van der Waals surface area contributed by atoms with Crippen LogP contribution in [0.4, 0.5) is 10.5 Å². The monoisotopic (exact) mass is 381 g/mol. The molecule has 0 saturated carbocycles. The third-order valence-electron chi connectivity index (χ3n) is 4.12. The number of aromatic nitrogens is 3. The summed E-state index contributed by atoms with van der Waals surface area (Å²) in [6.45, 7) is 0.131. The number of carbonyl (C=O) groups is 3. The molecule has 3 aromatic rings. The van der Waals surface area contributed by atoms with E-state index in [9.17, 15) is 14.4 Å². The molecule has 142 valence electrons. The van der Waals surface area contributed by atoms with Crippen molar-refractivity contribution in [1.29, 1.82) is 0 Å². The molecule has 1 atom stereocenters. The number of benzene rings is 2. The molecular weight excluding hydrogens is 366 g/mol. The molecule has 0 radical (unpaired) electrons. The van der Waals surface area contributed by atoms with Crippen molar-refractivity contribution >= 4 is 34.7 Å². The lowest BCUT2D eigenvalue weighted by atomic mass is 10.1. The number of aromatic amines is 1. The minimum atomic E-state index is -0.973. The van der Waals surface area contributed by atoms with Gasteiger partial charge in [-0.2, -0.15) is 15.4 Å². The van der Waals surface area contributed by atoms with Crippen LogP contribution in [-0.2, 0) is 20.8 Å². The van der Waals surface area contributed by atoms with E-state index in [1.54, 1.807) is 36.4 Å².